The largest absolute Gasteiger partial charge is 0.469 e. The molecule has 4 aromatic rings. The molecule has 6 nitrogen and oxygen atoms in total. The second-order valence-corrected chi connectivity index (χ2v) is 14.4. The van der Waals surface area contributed by atoms with Crippen LogP contribution in [0.15, 0.2) is 109 Å². The highest BCUT2D eigenvalue weighted by atomic mass is 16.5. The average Bonchev–Trinajstić information content (AvgIpc) is 3.72. The third-order valence-corrected chi connectivity index (χ3v) is 10.1. The first kappa shape index (κ1) is 38.5. The number of carbonyl (C=O) groups excluding carboxylic acids is 3. The number of hydrogen-bond acceptors (Lipinski definition) is 6. The topological polar surface area (TPSA) is 66.9 Å². The predicted molar refractivity (Wildman–Crippen MR) is 200 cm³/mol. The van der Waals surface area contributed by atoms with Gasteiger partial charge in [-0.1, -0.05) is 144 Å². The smallest absolute Gasteiger partial charge is 0.373 e. The van der Waals surface area contributed by atoms with Gasteiger partial charge < -0.3 is 4.74 Å². The Labute approximate surface area is 299 Å². The molecule has 0 bridgehead atoms. The Morgan fingerprint density at radius 2 is 1.18 bits per heavy atom. The number of rotatable bonds is 9. The van der Waals surface area contributed by atoms with Crippen molar-refractivity contribution in [1.29, 1.82) is 0 Å². The normalized spacial score (nSPS) is 20.4. The summed E-state index contributed by atoms with van der Waals surface area (Å²) in [6.07, 6.45) is 0.250. The predicted octanol–water partition coefficient (Wildman–Crippen LogP) is 8.66. The Bertz CT molecular complexity index is 1630. The molecule has 0 spiro atoms. The highest BCUT2D eigenvalue weighted by Crippen LogP contribution is 2.36. The van der Waals surface area contributed by atoms with Crippen molar-refractivity contribution in [2.45, 2.75) is 71.4 Å². The van der Waals surface area contributed by atoms with Gasteiger partial charge in [-0.15, -0.1) is 0 Å². The molecule has 2 fully saturated rings. The number of ether oxygens (including phenoxy) is 1. The van der Waals surface area contributed by atoms with E-state index < -0.39 is 0 Å². The molecule has 6 rings (SSSR count). The van der Waals surface area contributed by atoms with Crippen LogP contribution in [-0.4, -0.2) is 55.2 Å². The molecule has 2 heterocycles. The zero-order valence-electron chi connectivity index (χ0n) is 30.6. The fourth-order valence-electron chi connectivity index (χ4n) is 7.33. The van der Waals surface area contributed by atoms with Crippen molar-refractivity contribution in [3.05, 3.63) is 143 Å². The summed E-state index contributed by atoms with van der Waals surface area (Å²) in [4.78, 5) is 33.5. The third-order valence-electron chi connectivity index (χ3n) is 10.1. The fourth-order valence-corrected chi connectivity index (χ4v) is 7.33. The van der Waals surface area contributed by atoms with E-state index in [0.717, 1.165) is 32.1 Å². The molecule has 0 aliphatic carbocycles. The maximum absolute atomic E-state index is 12.3. The van der Waals surface area contributed by atoms with E-state index in [1.54, 1.807) is 0 Å². The first-order chi connectivity index (χ1) is 24.1. The Kier molecular flexibility index (Phi) is 14.7. The van der Waals surface area contributed by atoms with Gasteiger partial charge >= 0.3 is 12.1 Å². The summed E-state index contributed by atoms with van der Waals surface area (Å²) < 4.78 is 5.08. The molecule has 2 saturated heterocycles. The minimum Gasteiger partial charge on any atom is -0.469 e. The van der Waals surface area contributed by atoms with Crippen LogP contribution < -0.4 is 0 Å². The van der Waals surface area contributed by atoms with Gasteiger partial charge in [-0.25, -0.2) is 0 Å². The Morgan fingerprint density at radius 1 is 0.660 bits per heavy atom. The summed E-state index contributed by atoms with van der Waals surface area (Å²) in [7, 11) is 1.49. The second kappa shape index (κ2) is 19.2. The van der Waals surface area contributed by atoms with Gasteiger partial charge in [0, 0.05) is 51.1 Å². The van der Waals surface area contributed by atoms with E-state index >= 15 is 0 Å². The highest BCUT2D eigenvalue weighted by Gasteiger charge is 2.39. The number of esters is 1. The second-order valence-electron chi connectivity index (χ2n) is 14.4. The molecule has 0 N–H and O–H groups in total. The van der Waals surface area contributed by atoms with Gasteiger partial charge in [0.2, 0.25) is 0 Å². The summed E-state index contributed by atoms with van der Waals surface area (Å²) in [6, 6.07) is 39.2. The number of likely N-dealkylation sites (tertiary alicyclic amines) is 2. The van der Waals surface area contributed by atoms with Crippen LogP contribution >= 0.6 is 0 Å². The Balaban J connectivity index is 0.000000210. The molecular weight excluding hydrogens is 620 g/mol. The van der Waals surface area contributed by atoms with Gasteiger partial charge in [-0.2, -0.15) is 9.59 Å². The summed E-state index contributed by atoms with van der Waals surface area (Å²) in [5.41, 5.74) is 8.25. The van der Waals surface area contributed by atoms with Gasteiger partial charge in [-0.05, 0) is 51.1 Å². The van der Waals surface area contributed by atoms with Crippen molar-refractivity contribution in [2.24, 2.45) is 11.8 Å². The van der Waals surface area contributed by atoms with Gasteiger partial charge in [0.25, 0.3) is 0 Å². The molecule has 4 atom stereocenters. The van der Waals surface area contributed by atoms with Crippen LogP contribution in [0.4, 0.5) is 0 Å². The van der Waals surface area contributed by atoms with Crippen molar-refractivity contribution >= 4 is 12.1 Å². The average molecular weight is 675 g/mol. The number of carbonyl (C=O) groups is 1. The van der Waals surface area contributed by atoms with Gasteiger partial charge in [-0.3, -0.25) is 14.6 Å². The zero-order chi connectivity index (χ0) is 36.0. The molecule has 264 valence electrons. The molecule has 2 aliphatic heterocycles. The van der Waals surface area contributed by atoms with Gasteiger partial charge in [0.1, 0.15) is 0 Å². The lowest BCUT2D eigenvalue weighted by atomic mass is 9.88. The molecule has 0 amide bonds. The monoisotopic (exact) mass is 674 g/mol. The van der Waals surface area contributed by atoms with Crippen molar-refractivity contribution in [1.82, 2.24) is 9.80 Å². The summed E-state index contributed by atoms with van der Waals surface area (Å²) in [5.74, 6) is 2.51. The van der Waals surface area contributed by atoms with Gasteiger partial charge in [0.15, 0.2) is 0 Å². The standard InChI is InChI=1S/C22H27NO2.C21H27N.CO2/c1-16(2)18-9-11-19(12-10-18)20-14-23(15-21(20)22(24)25-3)13-17-7-5-4-6-8-17;1-16(2)19-10-7-11-20(12-19)21-15-22(13-17(21)3)14-18-8-5-4-6-9-18;2-1-3/h4-12,16,20-21H,13-15H2,1-3H3;4-12,16-17,21H,13-15H2,1-3H3;/t20-,21+;17-,21?;/m10./s1. The SMILES string of the molecule is CC(C)c1cccc(C2CN(Cc3ccccc3)C[C@@H]2C)c1.COC(=O)[C@H]1CN(Cc2ccccc2)C[C@@H]1c1ccc(C(C)C)cc1.O=C=O. The minimum absolute atomic E-state index is 0.0985. The summed E-state index contributed by atoms with van der Waals surface area (Å²) in [6.45, 7) is 17.3. The van der Waals surface area contributed by atoms with E-state index in [1.807, 2.05) is 6.07 Å². The number of nitrogens with zero attached hydrogens (tertiary/aromatic N) is 2. The van der Waals surface area contributed by atoms with E-state index in [0.29, 0.717) is 17.8 Å². The van der Waals surface area contributed by atoms with E-state index in [1.165, 1.54) is 53.6 Å². The maximum Gasteiger partial charge on any atom is 0.373 e. The van der Waals surface area contributed by atoms with Crippen LogP contribution in [0.3, 0.4) is 0 Å². The van der Waals surface area contributed by atoms with Crippen molar-refractivity contribution in [2.75, 3.05) is 33.3 Å². The molecule has 2 aliphatic rings. The molecule has 6 heteroatoms. The Hall–Kier alpha value is -4.35. The summed E-state index contributed by atoms with van der Waals surface area (Å²) >= 11 is 0. The van der Waals surface area contributed by atoms with Crippen LogP contribution in [-0.2, 0) is 32.2 Å². The Morgan fingerprint density at radius 3 is 1.70 bits per heavy atom. The third kappa shape index (κ3) is 10.8. The fraction of sp³-hybridized carbons (Fsp3) is 0.409. The van der Waals surface area contributed by atoms with Crippen LogP contribution in [0.5, 0.6) is 0 Å². The van der Waals surface area contributed by atoms with E-state index in [9.17, 15) is 4.79 Å². The van der Waals surface area contributed by atoms with Gasteiger partial charge in [0.05, 0.1) is 13.0 Å². The van der Waals surface area contributed by atoms with Crippen LogP contribution in [0.25, 0.3) is 0 Å². The zero-order valence-corrected chi connectivity index (χ0v) is 30.6. The van der Waals surface area contributed by atoms with Crippen LogP contribution in [0, 0.1) is 11.8 Å². The molecule has 50 heavy (non-hydrogen) atoms. The van der Waals surface area contributed by atoms with Crippen LogP contribution in [0.1, 0.15) is 91.7 Å². The summed E-state index contributed by atoms with van der Waals surface area (Å²) in [5, 5.41) is 0. The van der Waals surface area contributed by atoms with Crippen molar-refractivity contribution in [3.8, 4) is 0 Å². The lowest BCUT2D eigenvalue weighted by Crippen LogP contribution is -2.24. The molecule has 4 aromatic carbocycles. The minimum atomic E-state index is -0.103. The maximum atomic E-state index is 12.3. The lowest BCUT2D eigenvalue weighted by Gasteiger charge is -2.18. The number of methoxy groups -OCH3 is 1. The first-order valence-corrected chi connectivity index (χ1v) is 17.9. The lowest BCUT2D eigenvalue weighted by molar-refractivity contribution is -0.191. The van der Waals surface area contributed by atoms with E-state index in [4.69, 9.17) is 14.3 Å². The molecule has 0 aromatic heterocycles. The quantitative estimate of drug-likeness (QED) is 0.166. The number of benzene rings is 4. The highest BCUT2D eigenvalue weighted by molar-refractivity contribution is 5.74. The van der Waals surface area contributed by atoms with Crippen molar-refractivity contribution < 1.29 is 19.1 Å². The van der Waals surface area contributed by atoms with Crippen molar-refractivity contribution in [3.63, 3.8) is 0 Å². The van der Waals surface area contributed by atoms with Crippen LogP contribution in [0.2, 0.25) is 0 Å². The first-order valence-electron chi connectivity index (χ1n) is 17.9. The molecule has 0 radical (unpaired) electrons. The number of hydrogen-bond donors (Lipinski definition) is 0. The molecule has 1 unspecified atom stereocenters. The van der Waals surface area contributed by atoms with E-state index in [-0.39, 0.29) is 24.0 Å². The van der Waals surface area contributed by atoms with E-state index in [2.05, 4.69) is 148 Å². The molecule has 0 saturated carbocycles. The molecular formula is C44H54N2O4.